The van der Waals surface area contributed by atoms with Crippen molar-refractivity contribution in [2.24, 2.45) is 0 Å². The molecule has 0 aromatic heterocycles. The smallest absolute Gasteiger partial charge is 0.354 e. The highest BCUT2D eigenvalue weighted by atomic mass is 28.3. The van der Waals surface area contributed by atoms with Gasteiger partial charge in [0.15, 0.2) is 5.79 Å². The average Bonchev–Trinajstić information content (AvgIpc) is 2.57. The maximum Gasteiger partial charge on any atom is 0.354 e. The molecule has 0 fully saturated rings. The van der Waals surface area contributed by atoms with Gasteiger partial charge in [0.1, 0.15) is 0 Å². The molecule has 29 heavy (non-hydrogen) atoms. The standard InChI is InChI=1S/C19H38O7Si3/c1-11-19(25-27(4)5,26-28(6)7)18(23,13-20)17(22)24-16(21)14(2)12-15(3)29(8,9)10/h12,15,20,23H,11,13H2,1-10H3/b14-12+. The van der Waals surface area contributed by atoms with Gasteiger partial charge in [-0.15, -0.1) is 0 Å². The van der Waals surface area contributed by atoms with Gasteiger partial charge in [-0.1, -0.05) is 39.6 Å². The number of allylic oxidation sites excluding steroid dienone is 1. The Bertz CT molecular complexity index is 589. The van der Waals surface area contributed by atoms with Crippen molar-refractivity contribution in [1.82, 2.24) is 0 Å². The molecule has 0 heterocycles. The van der Waals surface area contributed by atoms with Crippen molar-refractivity contribution in [2.45, 2.75) is 90.0 Å². The molecule has 2 N–H and O–H groups in total. The lowest BCUT2D eigenvalue weighted by molar-refractivity contribution is -0.260. The van der Waals surface area contributed by atoms with E-state index in [4.69, 9.17) is 13.6 Å². The minimum absolute atomic E-state index is 0.0977. The molecule has 2 radical (unpaired) electrons. The third kappa shape index (κ3) is 7.53. The van der Waals surface area contributed by atoms with Gasteiger partial charge in [-0.25, -0.2) is 9.59 Å². The Hall–Kier alpha value is -0.629. The van der Waals surface area contributed by atoms with E-state index in [2.05, 4.69) is 19.6 Å². The minimum atomic E-state index is -2.52. The third-order valence-corrected chi connectivity index (χ3v) is 9.15. The van der Waals surface area contributed by atoms with Crippen molar-refractivity contribution < 1.29 is 33.4 Å². The third-order valence-electron chi connectivity index (χ3n) is 4.77. The van der Waals surface area contributed by atoms with E-state index in [1.165, 1.54) is 0 Å². The van der Waals surface area contributed by atoms with Gasteiger partial charge in [-0.3, -0.25) is 0 Å². The number of carbonyl (C=O) groups is 2. The van der Waals surface area contributed by atoms with Gasteiger partial charge in [-0.2, -0.15) is 0 Å². The lowest BCUT2D eigenvalue weighted by atomic mass is 9.91. The average molecular weight is 463 g/mol. The van der Waals surface area contributed by atoms with Gasteiger partial charge in [0.05, 0.1) is 14.7 Å². The van der Waals surface area contributed by atoms with E-state index >= 15 is 0 Å². The maximum atomic E-state index is 12.9. The second-order valence-electron chi connectivity index (χ2n) is 8.83. The predicted molar refractivity (Wildman–Crippen MR) is 120 cm³/mol. The molecule has 0 saturated carbocycles. The monoisotopic (exact) mass is 462 g/mol. The molecule has 0 amide bonds. The van der Waals surface area contributed by atoms with E-state index in [0.717, 1.165) is 0 Å². The number of aliphatic hydroxyl groups excluding tert-OH is 1. The second kappa shape index (κ2) is 11.1. The van der Waals surface area contributed by atoms with Crippen molar-refractivity contribution in [1.29, 1.82) is 0 Å². The first-order valence-electron chi connectivity index (χ1n) is 9.83. The van der Waals surface area contributed by atoms with E-state index in [9.17, 15) is 19.8 Å². The van der Waals surface area contributed by atoms with Crippen LogP contribution in [0.4, 0.5) is 0 Å². The fourth-order valence-electron chi connectivity index (χ4n) is 2.57. The van der Waals surface area contributed by atoms with E-state index < -0.39 is 56.1 Å². The van der Waals surface area contributed by atoms with E-state index in [-0.39, 0.29) is 17.5 Å². The SMILES string of the molecule is CCC(O[Si](C)C)(O[Si](C)C)C(O)(CO)C(=O)OC(=O)/C(C)=C/C(C)[Si](C)(C)C. The first kappa shape index (κ1) is 28.4. The number of ether oxygens (including phenoxy) is 1. The Morgan fingerprint density at radius 1 is 1.10 bits per heavy atom. The van der Waals surface area contributed by atoms with Crippen LogP contribution < -0.4 is 0 Å². The van der Waals surface area contributed by atoms with E-state index in [1.54, 1.807) is 19.9 Å². The summed E-state index contributed by atoms with van der Waals surface area (Å²) in [6.07, 6.45) is 1.89. The quantitative estimate of drug-likeness (QED) is 0.160. The highest BCUT2D eigenvalue weighted by Gasteiger charge is 2.59. The Kier molecular flexibility index (Phi) is 10.9. The van der Waals surface area contributed by atoms with Crippen molar-refractivity contribution >= 4 is 38.1 Å². The topological polar surface area (TPSA) is 102 Å². The summed E-state index contributed by atoms with van der Waals surface area (Å²) < 4.78 is 16.8. The van der Waals surface area contributed by atoms with Crippen LogP contribution in [-0.4, -0.2) is 66.3 Å². The maximum absolute atomic E-state index is 12.9. The fraction of sp³-hybridized carbons (Fsp3) is 0.789. The first-order valence-corrected chi connectivity index (χ1v) is 18.2. The summed E-state index contributed by atoms with van der Waals surface area (Å²) in [5.41, 5.74) is -2.05. The van der Waals surface area contributed by atoms with Crippen LogP contribution in [0.3, 0.4) is 0 Å². The summed E-state index contributed by atoms with van der Waals surface area (Å²) in [5, 5.41) is 21.1. The van der Waals surface area contributed by atoms with Crippen molar-refractivity contribution in [3.05, 3.63) is 11.6 Å². The van der Waals surface area contributed by atoms with Gasteiger partial charge in [0, 0.05) is 12.0 Å². The number of hydrogen-bond acceptors (Lipinski definition) is 7. The Morgan fingerprint density at radius 3 is 1.86 bits per heavy atom. The molecule has 168 valence electrons. The molecule has 0 rings (SSSR count). The summed E-state index contributed by atoms with van der Waals surface area (Å²) in [4.78, 5) is 25.3. The van der Waals surface area contributed by atoms with Crippen LogP contribution in [0.25, 0.3) is 0 Å². The molecular formula is C19H38O7Si3. The zero-order valence-corrected chi connectivity index (χ0v) is 22.5. The van der Waals surface area contributed by atoms with Crippen molar-refractivity contribution in [3.63, 3.8) is 0 Å². The van der Waals surface area contributed by atoms with Crippen LogP contribution in [0, 0.1) is 0 Å². The van der Waals surface area contributed by atoms with Crippen molar-refractivity contribution in [3.8, 4) is 0 Å². The zero-order valence-electron chi connectivity index (χ0n) is 19.5. The lowest BCUT2D eigenvalue weighted by Gasteiger charge is -2.45. The lowest BCUT2D eigenvalue weighted by Crippen LogP contribution is -2.67. The molecule has 10 heteroatoms. The number of esters is 2. The summed E-state index contributed by atoms with van der Waals surface area (Å²) in [7, 11) is -4.37. The van der Waals surface area contributed by atoms with E-state index in [0.29, 0.717) is 0 Å². The number of carbonyl (C=O) groups excluding carboxylic acids is 2. The molecule has 0 bridgehead atoms. The van der Waals surface area contributed by atoms with Crippen LogP contribution in [0.2, 0.25) is 51.4 Å². The van der Waals surface area contributed by atoms with Gasteiger partial charge in [-0.05, 0) is 38.7 Å². The van der Waals surface area contributed by atoms with E-state index in [1.807, 2.05) is 33.1 Å². The van der Waals surface area contributed by atoms with Crippen LogP contribution >= 0.6 is 0 Å². The number of hydrogen-bond donors (Lipinski definition) is 2. The predicted octanol–water partition coefficient (Wildman–Crippen LogP) is 3.10. The first-order chi connectivity index (χ1) is 13.1. The van der Waals surface area contributed by atoms with Crippen LogP contribution in [0.1, 0.15) is 27.2 Å². The minimum Gasteiger partial charge on any atom is -0.393 e. The Morgan fingerprint density at radius 2 is 1.55 bits per heavy atom. The van der Waals surface area contributed by atoms with Crippen LogP contribution in [-0.2, 0) is 23.2 Å². The van der Waals surface area contributed by atoms with Crippen LogP contribution in [0.15, 0.2) is 11.6 Å². The molecular weight excluding hydrogens is 424 g/mol. The molecule has 2 atom stereocenters. The normalized spacial score (nSPS) is 16.7. The highest BCUT2D eigenvalue weighted by Crippen LogP contribution is 2.35. The molecule has 0 aromatic carbocycles. The molecule has 0 aliphatic heterocycles. The van der Waals surface area contributed by atoms with Gasteiger partial charge < -0.3 is 23.8 Å². The van der Waals surface area contributed by atoms with Gasteiger partial charge in [0.2, 0.25) is 23.7 Å². The molecule has 2 unspecified atom stereocenters. The molecule has 0 spiro atoms. The largest absolute Gasteiger partial charge is 0.393 e. The van der Waals surface area contributed by atoms with Crippen LogP contribution in [0.5, 0.6) is 0 Å². The Labute approximate surface area is 179 Å². The Balaban J connectivity index is 5.87. The number of aliphatic hydroxyl groups is 2. The molecule has 0 aliphatic carbocycles. The highest BCUT2D eigenvalue weighted by molar-refractivity contribution is 6.77. The van der Waals surface area contributed by atoms with Gasteiger partial charge in [0.25, 0.3) is 0 Å². The zero-order chi connectivity index (χ0) is 23.2. The van der Waals surface area contributed by atoms with Gasteiger partial charge >= 0.3 is 11.9 Å². The molecule has 7 nitrogen and oxygen atoms in total. The summed E-state index contributed by atoms with van der Waals surface area (Å²) in [6, 6.07) is 0. The summed E-state index contributed by atoms with van der Waals surface area (Å²) >= 11 is 0. The summed E-state index contributed by atoms with van der Waals surface area (Å²) in [5.74, 6) is -3.90. The molecule has 0 aromatic rings. The summed E-state index contributed by atoms with van der Waals surface area (Å²) in [6.45, 7) is 18.1. The second-order valence-corrected chi connectivity index (χ2v) is 18.5. The fourth-order valence-corrected chi connectivity index (χ4v) is 5.43. The number of rotatable bonds is 11. The van der Waals surface area contributed by atoms with Crippen molar-refractivity contribution in [2.75, 3.05) is 6.61 Å². The molecule has 0 saturated heterocycles. The molecule has 0 aliphatic rings.